The number of thioether (sulfide) groups is 1. The largest absolute Gasteiger partial charge is 0.360 e. The van der Waals surface area contributed by atoms with Crippen LogP contribution in [0.4, 0.5) is 0 Å². The Kier molecular flexibility index (Phi) is 55.8. The topological polar surface area (TPSA) is 75.3 Å². The van der Waals surface area contributed by atoms with Crippen molar-refractivity contribution in [3.63, 3.8) is 0 Å². The molecule has 15 heteroatoms. The summed E-state index contributed by atoms with van der Waals surface area (Å²) in [6.07, 6.45) is 15.5. The van der Waals surface area contributed by atoms with Crippen molar-refractivity contribution in [2.75, 3.05) is 78.0 Å². The Morgan fingerprint density at radius 3 is 0.872 bits per heavy atom. The summed E-state index contributed by atoms with van der Waals surface area (Å²) < 4.78 is 31.0. The molecule has 0 aromatic rings. The highest BCUT2D eigenvalue weighted by Gasteiger charge is 2.57. The predicted molar refractivity (Wildman–Crippen MR) is 590 cm³/mol. The third kappa shape index (κ3) is 29.7. The van der Waals surface area contributed by atoms with Crippen molar-refractivity contribution >= 4 is 11.8 Å². The van der Waals surface area contributed by atoms with Gasteiger partial charge in [0.05, 0.1) is 37.4 Å². The lowest BCUT2D eigenvalue weighted by Crippen LogP contribution is -2.66. The highest BCUT2D eigenvalue weighted by Crippen LogP contribution is 2.51. The summed E-state index contributed by atoms with van der Waals surface area (Å²) in [7, 11) is 0. The summed E-state index contributed by atoms with van der Waals surface area (Å²) in [5, 5.41) is 0. The first-order chi connectivity index (χ1) is 61.0. The second-order valence-corrected chi connectivity index (χ2v) is 52.3. The molecule has 3 atom stereocenters. The molecule has 0 bridgehead atoms. The van der Waals surface area contributed by atoms with E-state index >= 15 is 0 Å². The molecule has 14 nitrogen and oxygen atoms in total. The molecule has 0 N–H and O–H groups in total. The number of hydrogen-bond acceptors (Lipinski definition) is 15. The number of piperidine rings is 1. The molecule has 9 aliphatic rings. The normalized spacial score (nSPS) is 24.3. The van der Waals surface area contributed by atoms with Crippen LogP contribution in [0.15, 0.2) is 12.2 Å². The number of ether oxygens (including phenoxy) is 5. The molecule has 9 heterocycles. The van der Waals surface area contributed by atoms with E-state index in [1.165, 1.54) is 76.9 Å². The van der Waals surface area contributed by atoms with Crippen molar-refractivity contribution in [3.8, 4) is 0 Å². The lowest BCUT2D eigenvalue weighted by atomic mass is 9.69. The van der Waals surface area contributed by atoms with Crippen molar-refractivity contribution in [1.29, 1.82) is 0 Å². The average molecular weight is 1900 g/mol. The van der Waals surface area contributed by atoms with Gasteiger partial charge in [0, 0.05) is 122 Å². The van der Waals surface area contributed by atoms with Gasteiger partial charge in [-0.25, -0.2) is 0 Å². The molecular formula is C118H243N9O5S. The molecule has 0 spiro atoms. The van der Waals surface area contributed by atoms with Crippen LogP contribution < -0.4 is 0 Å². The van der Waals surface area contributed by atoms with Gasteiger partial charge in [0.1, 0.15) is 28.6 Å². The fourth-order valence-electron chi connectivity index (χ4n) is 29.1. The van der Waals surface area contributed by atoms with Gasteiger partial charge in [-0.05, 0) is 310 Å². The van der Waals surface area contributed by atoms with E-state index in [-0.39, 0.29) is 28.6 Å². The molecule has 133 heavy (non-hydrogen) atoms. The molecule has 0 radical (unpaired) electrons. The first-order valence-electron chi connectivity index (χ1n) is 56.5. The van der Waals surface area contributed by atoms with E-state index in [4.69, 9.17) is 23.7 Å². The second-order valence-electron chi connectivity index (χ2n) is 50.9. The first kappa shape index (κ1) is 131. The van der Waals surface area contributed by atoms with Gasteiger partial charge in [-0.2, -0.15) is 0 Å². The molecule has 9 aliphatic heterocycles. The maximum absolute atomic E-state index is 6.27. The smallest absolute Gasteiger partial charge is 0.127 e. The Bertz CT molecular complexity index is 2820. The Morgan fingerprint density at radius 1 is 0.256 bits per heavy atom. The van der Waals surface area contributed by atoms with Gasteiger partial charge in [-0.1, -0.05) is 268 Å². The van der Waals surface area contributed by atoms with E-state index in [0.717, 1.165) is 88.0 Å². The first-order valence-corrected chi connectivity index (χ1v) is 57.5. The molecule has 9 rings (SSSR count). The maximum atomic E-state index is 6.27. The van der Waals surface area contributed by atoms with Gasteiger partial charge in [-0.15, -0.1) is 11.8 Å². The fraction of sp³-hybridized carbons (Fsp3) is 0.983. The number of hydrogen-bond donors (Lipinski definition) is 0. The Labute approximate surface area is 839 Å². The minimum absolute atomic E-state index is 0.0336. The molecule has 0 saturated carbocycles. The zero-order valence-electron chi connectivity index (χ0n) is 101. The van der Waals surface area contributed by atoms with Crippen LogP contribution in [0.5, 0.6) is 0 Å². The molecule has 0 aliphatic carbocycles. The fourth-order valence-corrected chi connectivity index (χ4v) is 30.8. The predicted octanol–water partition coefficient (Wildman–Crippen LogP) is 30.3. The number of rotatable bonds is 27. The zero-order chi connectivity index (χ0) is 104. The third-order valence-electron chi connectivity index (χ3n) is 34.2. The van der Waals surface area contributed by atoms with E-state index in [0.29, 0.717) is 165 Å². The minimum atomic E-state index is -0.0775. The Morgan fingerprint density at radius 2 is 0.579 bits per heavy atom. The van der Waals surface area contributed by atoms with Crippen LogP contribution >= 0.6 is 11.8 Å². The van der Waals surface area contributed by atoms with Crippen molar-refractivity contribution in [1.82, 2.24) is 44.1 Å². The standard InChI is InChI=1S/C14H29NO.C14H29N.C14H27N.3C13H27NO.C13H27N.C12H25NO.C12H25NS/c1-10(2)14(11(3)4)15(12(5)6)13(7)8-9-16-14;2*1-11(2)14(12(3)4)9-7-8-10-15(14)13(5)6;1-9(2)13(10(3)4)14(11(5)6)12(7)8-15-13;1-9(2)13(10(3)4)14(11(5)6)8-12(7)15-13;1-10(2)13(11(3)4)14(12(5)6)8-7-9-15-13;1-10(2)13(11(3)4)8-7-9-14(13)12(5)6;2*1-9(2)12(10(3)4)13(11(5)6)7-8-14-12/h10-13H,8-9H2,1-7H3;11-13H,7-10H2,1-6H3;7-8,11-13H,9-10H2,1-6H3;2*9-12H,8H2,1-7H3;10-12H,7-9H2,1-6H3;10-12H,7-9H2,1-6H3;2*9-11H,7-8H2,1-6H3. The van der Waals surface area contributed by atoms with Crippen LogP contribution in [0.25, 0.3) is 0 Å². The SMILES string of the molecule is CC(C)N1C(C)CCOC1(C(C)C)C(C)C.CC(C)N1C(C)COC1(C(C)C)C(C)C.CC(C)N1CC=CCC1(C(C)C)C(C)C.CC(C)N1CCCC1(C(C)C)C(C)C.CC(C)N1CCCCC1(C(C)C)C(C)C.CC(C)N1CCCOC1(C(C)C)C(C)C.CC(C)N1CCOC1(C(C)C)C(C)C.CC(C)N1CCSC1(C(C)C)C(C)C.CC1CN(C(C)C)C(C(C)C)(C(C)C)O1. The van der Waals surface area contributed by atoms with Gasteiger partial charge < -0.3 is 23.7 Å². The molecule has 0 amide bonds. The van der Waals surface area contributed by atoms with Crippen LogP contribution in [-0.4, -0.2) is 245 Å². The van der Waals surface area contributed by atoms with E-state index < -0.39 is 0 Å². The van der Waals surface area contributed by atoms with Crippen LogP contribution in [0, 0.1) is 107 Å². The maximum Gasteiger partial charge on any atom is 0.127 e. The molecule has 0 aromatic carbocycles. The van der Waals surface area contributed by atoms with Gasteiger partial charge in [-0.3, -0.25) is 44.1 Å². The molecule has 0 aromatic heterocycles. The van der Waals surface area contributed by atoms with Crippen molar-refractivity contribution in [2.24, 2.45) is 107 Å². The number of nitrogens with zero attached hydrogens (tertiary/aromatic N) is 9. The summed E-state index contributed by atoms with van der Waals surface area (Å²) in [5.41, 5.74) is 0.997. The third-order valence-corrected chi connectivity index (χ3v) is 36.2. The van der Waals surface area contributed by atoms with E-state index in [1.54, 1.807) is 0 Å². The van der Waals surface area contributed by atoms with Gasteiger partial charge in [0.25, 0.3) is 0 Å². The van der Waals surface area contributed by atoms with Gasteiger partial charge in [0.15, 0.2) is 0 Å². The van der Waals surface area contributed by atoms with Gasteiger partial charge >= 0.3 is 0 Å². The summed E-state index contributed by atoms with van der Waals surface area (Å²) in [6, 6.07) is 6.64. The molecule has 796 valence electrons. The van der Waals surface area contributed by atoms with Crippen LogP contribution in [0.3, 0.4) is 0 Å². The molecule has 8 fully saturated rings. The van der Waals surface area contributed by atoms with Crippen LogP contribution in [0.2, 0.25) is 0 Å². The lowest BCUT2D eigenvalue weighted by Gasteiger charge is -2.56. The van der Waals surface area contributed by atoms with Crippen molar-refractivity contribution in [2.45, 2.75) is 569 Å². The Balaban J connectivity index is 0.000000748. The van der Waals surface area contributed by atoms with Crippen molar-refractivity contribution in [3.05, 3.63) is 12.2 Å². The monoisotopic (exact) mass is 1900 g/mol. The lowest BCUT2D eigenvalue weighted by molar-refractivity contribution is -0.260. The van der Waals surface area contributed by atoms with E-state index in [9.17, 15) is 0 Å². The minimum Gasteiger partial charge on any atom is -0.360 e. The average Bonchev–Trinajstić information content (AvgIpc) is 1.64. The van der Waals surface area contributed by atoms with E-state index in [1.807, 2.05) is 0 Å². The summed E-state index contributed by atoms with van der Waals surface area (Å²) >= 11 is 2.17. The quantitative estimate of drug-likeness (QED) is 0.0732. The molecular weight excluding hydrogens is 1660 g/mol. The van der Waals surface area contributed by atoms with Gasteiger partial charge in [0.2, 0.25) is 0 Å². The van der Waals surface area contributed by atoms with Crippen LogP contribution in [-0.2, 0) is 23.7 Å². The van der Waals surface area contributed by atoms with E-state index in [2.05, 4.69) is 463 Å². The zero-order valence-corrected chi connectivity index (χ0v) is 101. The second kappa shape index (κ2) is 56.9. The van der Waals surface area contributed by atoms with Crippen LogP contribution in [0.1, 0.15) is 446 Å². The Hall–Kier alpha value is -0.470. The van der Waals surface area contributed by atoms with Crippen molar-refractivity contribution < 1.29 is 23.7 Å². The number of likely N-dealkylation sites (tertiary alicyclic amines) is 2. The summed E-state index contributed by atoms with van der Waals surface area (Å²) in [5.74, 6) is 12.6. The molecule has 8 saturated heterocycles. The molecule has 3 unspecified atom stereocenters. The highest BCUT2D eigenvalue weighted by atomic mass is 32.2. The summed E-state index contributed by atoms with van der Waals surface area (Å²) in [6.45, 7) is 144. The highest BCUT2D eigenvalue weighted by molar-refractivity contribution is 8.00. The summed E-state index contributed by atoms with van der Waals surface area (Å²) in [4.78, 5) is 24.0.